The minimum Gasteiger partial charge on any atom is -0.493 e. The van der Waals surface area contributed by atoms with Gasteiger partial charge in [0.15, 0.2) is 11.5 Å². The van der Waals surface area contributed by atoms with E-state index in [1.165, 1.54) is 11.1 Å². The Morgan fingerprint density at radius 3 is 3.07 bits per heavy atom. The monoisotopic (exact) mass is 386 g/mol. The molecule has 1 N–H and O–H groups in total. The number of unbranched alkanes of at least 4 members (excludes halogenated alkanes) is 1. The summed E-state index contributed by atoms with van der Waals surface area (Å²) in [7, 11) is 3.84. The minimum absolute atomic E-state index is 0.0532. The molecule has 2 heterocycles. The summed E-state index contributed by atoms with van der Waals surface area (Å²) in [6.07, 6.45) is 7.21. The Bertz CT molecular complexity index is 778. The third-order valence-electron chi connectivity index (χ3n) is 6.19. The normalized spacial score (nSPS) is 28.0. The highest BCUT2D eigenvalue weighted by Crippen LogP contribution is 2.55. The molecular weight excluding hydrogens is 356 g/mol. The SMILES string of the molecule is CCCCNC(=O)O[C@@H]1C=C[C@]23CCN(C)Cc4ccc(OC)c(c42)O[C@@H]3C1. The van der Waals surface area contributed by atoms with Crippen LogP contribution in [0.4, 0.5) is 4.79 Å². The Morgan fingerprint density at radius 1 is 1.43 bits per heavy atom. The van der Waals surface area contributed by atoms with Gasteiger partial charge in [-0.15, -0.1) is 0 Å². The maximum Gasteiger partial charge on any atom is 0.407 e. The number of carbonyl (C=O) groups is 1. The molecule has 1 spiro atoms. The van der Waals surface area contributed by atoms with Gasteiger partial charge in [0.2, 0.25) is 0 Å². The highest BCUT2D eigenvalue weighted by molar-refractivity contribution is 5.67. The molecule has 3 aliphatic rings. The van der Waals surface area contributed by atoms with Gasteiger partial charge in [-0.3, -0.25) is 0 Å². The van der Waals surface area contributed by atoms with Gasteiger partial charge in [0.1, 0.15) is 12.2 Å². The number of nitrogens with zero attached hydrogens (tertiary/aromatic N) is 1. The zero-order valence-corrected chi connectivity index (χ0v) is 17.0. The van der Waals surface area contributed by atoms with Gasteiger partial charge in [0.05, 0.1) is 12.5 Å². The smallest absolute Gasteiger partial charge is 0.407 e. The van der Waals surface area contributed by atoms with E-state index >= 15 is 0 Å². The largest absolute Gasteiger partial charge is 0.493 e. The van der Waals surface area contributed by atoms with Gasteiger partial charge in [-0.2, -0.15) is 0 Å². The first-order valence-corrected chi connectivity index (χ1v) is 10.3. The Labute approximate surface area is 166 Å². The summed E-state index contributed by atoms with van der Waals surface area (Å²) < 4.78 is 17.7. The zero-order chi connectivity index (χ0) is 19.7. The van der Waals surface area contributed by atoms with Gasteiger partial charge in [-0.25, -0.2) is 4.79 Å². The molecular formula is C22H30N2O4. The van der Waals surface area contributed by atoms with Gasteiger partial charge in [-0.05, 0) is 44.1 Å². The molecule has 3 atom stereocenters. The van der Waals surface area contributed by atoms with Crippen molar-refractivity contribution in [2.24, 2.45) is 0 Å². The molecule has 4 rings (SSSR count). The van der Waals surface area contributed by atoms with Crippen molar-refractivity contribution in [3.8, 4) is 11.5 Å². The van der Waals surface area contributed by atoms with Crippen molar-refractivity contribution in [1.29, 1.82) is 0 Å². The molecule has 1 aromatic rings. The number of nitrogens with one attached hydrogen (secondary N) is 1. The van der Waals surface area contributed by atoms with E-state index in [9.17, 15) is 4.79 Å². The molecule has 1 aliphatic carbocycles. The number of benzene rings is 1. The molecule has 28 heavy (non-hydrogen) atoms. The van der Waals surface area contributed by atoms with Gasteiger partial charge in [0, 0.05) is 25.1 Å². The Morgan fingerprint density at radius 2 is 2.29 bits per heavy atom. The summed E-state index contributed by atoms with van der Waals surface area (Å²) in [5.41, 5.74) is 2.37. The number of hydrogen-bond donors (Lipinski definition) is 1. The van der Waals surface area contributed by atoms with Crippen LogP contribution in [0.25, 0.3) is 0 Å². The summed E-state index contributed by atoms with van der Waals surface area (Å²) in [5, 5.41) is 2.82. The Balaban J connectivity index is 1.60. The summed E-state index contributed by atoms with van der Waals surface area (Å²) >= 11 is 0. The van der Waals surface area contributed by atoms with Crippen molar-refractivity contribution in [1.82, 2.24) is 10.2 Å². The molecule has 0 saturated carbocycles. The first-order valence-electron chi connectivity index (χ1n) is 10.3. The highest BCUT2D eigenvalue weighted by atomic mass is 16.6. The van der Waals surface area contributed by atoms with Crippen LogP contribution in [0.15, 0.2) is 24.3 Å². The van der Waals surface area contributed by atoms with Crippen LogP contribution in [0.2, 0.25) is 0 Å². The Kier molecular flexibility index (Phi) is 5.23. The summed E-state index contributed by atoms with van der Waals surface area (Å²) in [4.78, 5) is 14.4. The van der Waals surface area contributed by atoms with Crippen molar-refractivity contribution in [2.75, 3.05) is 27.2 Å². The predicted molar refractivity (Wildman–Crippen MR) is 107 cm³/mol. The molecule has 0 bridgehead atoms. The van der Waals surface area contributed by atoms with Crippen molar-refractivity contribution in [2.45, 2.75) is 56.8 Å². The molecule has 1 amide bonds. The molecule has 1 aromatic carbocycles. The number of methoxy groups -OCH3 is 1. The van der Waals surface area contributed by atoms with E-state index in [0.29, 0.717) is 13.0 Å². The topological polar surface area (TPSA) is 60.0 Å². The predicted octanol–water partition coefficient (Wildman–Crippen LogP) is 3.38. The average Bonchev–Trinajstić information content (AvgIpc) is 2.94. The van der Waals surface area contributed by atoms with Crippen LogP contribution in [0.5, 0.6) is 11.5 Å². The standard InChI is InChI=1S/C22H30N2O4/c1-4-5-11-23-21(25)27-16-8-9-22-10-12-24(2)14-15-6-7-17(26-3)20(19(15)22)28-18(22)13-16/h6-9,16,18H,4-5,10-14H2,1-3H3,(H,23,25)/t16-,18-,22-/m1/s1. The van der Waals surface area contributed by atoms with Crippen LogP contribution in [0, 0.1) is 0 Å². The van der Waals surface area contributed by atoms with Crippen LogP contribution in [0.3, 0.4) is 0 Å². The molecule has 6 heteroatoms. The fourth-order valence-corrected chi connectivity index (χ4v) is 4.70. The summed E-state index contributed by atoms with van der Waals surface area (Å²) in [5.74, 6) is 1.64. The third kappa shape index (κ3) is 3.24. The van der Waals surface area contributed by atoms with E-state index in [1.807, 2.05) is 12.1 Å². The number of alkyl carbamates (subject to hydrolysis) is 1. The van der Waals surface area contributed by atoms with Crippen LogP contribution in [0.1, 0.15) is 43.7 Å². The number of amides is 1. The molecule has 2 aliphatic heterocycles. The van der Waals surface area contributed by atoms with Crippen LogP contribution in [-0.4, -0.2) is 50.4 Å². The number of rotatable bonds is 5. The lowest BCUT2D eigenvalue weighted by Gasteiger charge is -2.36. The van der Waals surface area contributed by atoms with E-state index in [0.717, 1.165) is 43.9 Å². The fraction of sp³-hybridized carbons (Fsp3) is 0.591. The van der Waals surface area contributed by atoms with Gasteiger partial charge in [0.25, 0.3) is 0 Å². The van der Waals surface area contributed by atoms with E-state index < -0.39 is 0 Å². The van der Waals surface area contributed by atoms with Crippen LogP contribution < -0.4 is 14.8 Å². The van der Waals surface area contributed by atoms with E-state index in [4.69, 9.17) is 14.2 Å². The van der Waals surface area contributed by atoms with Gasteiger partial charge in [-0.1, -0.05) is 25.5 Å². The second kappa shape index (κ2) is 7.66. The zero-order valence-electron chi connectivity index (χ0n) is 17.0. The maximum atomic E-state index is 12.1. The van der Waals surface area contributed by atoms with Crippen molar-refractivity contribution < 1.29 is 19.0 Å². The molecule has 152 valence electrons. The molecule has 0 saturated heterocycles. The second-order valence-corrected chi connectivity index (χ2v) is 8.08. The average molecular weight is 386 g/mol. The first kappa shape index (κ1) is 19.1. The minimum atomic E-state index is -0.353. The first-order chi connectivity index (χ1) is 13.6. The maximum absolute atomic E-state index is 12.1. The van der Waals surface area contributed by atoms with Crippen molar-refractivity contribution >= 4 is 6.09 Å². The Hall–Kier alpha value is -2.21. The lowest BCUT2D eigenvalue weighted by atomic mass is 9.69. The number of carbonyl (C=O) groups excluding carboxylic acids is 1. The lowest BCUT2D eigenvalue weighted by molar-refractivity contribution is 0.0606. The number of hydrogen-bond acceptors (Lipinski definition) is 5. The quantitative estimate of drug-likeness (QED) is 0.621. The van der Waals surface area contributed by atoms with E-state index in [1.54, 1.807) is 7.11 Å². The van der Waals surface area contributed by atoms with Crippen LogP contribution in [-0.2, 0) is 16.7 Å². The molecule has 0 aromatic heterocycles. The summed E-state index contributed by atoms with van der Waals surface area (Å²) in [6.45, 7) is 4.63. The third-order valence-corrected chi connectivity index (χ3v) is 6.19. The highest BCUT2D eigenvalue weighted by Gasteiger charge is 2.53. The van der Waals surface area contributed by atoms with Crippen molar-refractivity contribution in [3.63, 3.8) is 0 Å². The van der Waals surface area contributed by atoms with Crippen molar-refractivity contribution in [3.05, 3.63) is 35.4 Å². The molecule has 0 radical (unpaired) electrons. The second-order valence-electron chi connectivity index (χ2n) is 8.08. The van der Waals surface area contributed by atoms with Gasteiger partial charge < -0.3 is 24.4 Å². The fourth-order valence-electron chi connectivity index (χ4n) is 4.70. The summed E-state index contributed by atoms with van der Waals surface area (Å²) in [6, 6.07) is 4.15. The van der Waals surface area contributed by atoms with E-state index in [2.05, 4.69) is 36.3 Å². The van der Waals surface area contributed by atoms with Crippen LogP contribution >= 0.6 is 0 Å². The molecule has 6 nitrogen and oxygen atoms in total. The molecule has 0 fully saturated rings. The lowest BCUT2D eigenvalue weighted by Crippen LogP contribution is -2.44. The van der Waals surface area contributed by atoms with Gasteiger partial charge >= 0.3 is 6.09 Å². The molecule has 0 unspecified atom stereocenters. The number of ether oxygens (including phenoxy) is 3. The van der Waals surface area contributed by atoms with E-state index in [-0.39, 0.29) is 23.7 Å².